The molecular formula is C10H11BrN4O2S. The molecule has 2 heterocycles. The second kappa shape index (κ2) is 5.96. The van der Waals surface area contributed by atoms with E-state index in [2.05, 4.69) is 31.3 Å². The van der Waals surface area contributed by atoms with E-state index in [1.165, 1.54) is 11.3 Å². The second-order valence-corrected chi connectivity index (χ2v) is 5.59. The van der Waals surface area contributed by atoms with Crippen molar-refractivity contribution in [3.05, 3.63) is 27.9 Å². The lowest BCUT2D eigenvalue weighted by Crippen LogP contribution is -2.06. The minimum Gasteiger partial charge on any atom is -0.481 e. The first-order chi connectivity index (χ1) is 8.63. The maximum atomic E-state index is 10.4. The van der Waals surface area contributed by atoms with Crippen molar-refractivity contribution in [1.82, 2.24) is 14.8 Å². The van der Waals surface area contributed by atoms with Crippen molar-refractivity contribution in [2.75, 3.05) is 11.9 Å². The number of rotatable bonds is 6. The Kier molecular flexibility index (Phi) is 4.32. The van der Waals surface area contributed by atoms with Gasteiger partial charge in [0.15, 0.2) is 5.13 Å². The highest BCUT2D eigenvalue weighted by Gasteiger charge is 2.04. The number of aromatic nitrogens is 3. The van der Waals surface area contributed by atoms with Crippen molar-refractivity contribution in [2.24, 2.45) is 0 Å². The summed E-state index contributed by atoms with van der Waals surface area (Å²) in [5.41, 5.74) is 0. The van der Waals surface area contributed by atoms with Crippen LogP contribution in [0.2, 0.25) is 0 Å². The van der Waals surface area contributed by atoms with Gasteiger partial charge >= 0.3 is 5.97 Å². The molecule has 0 fully saturated rings. The summed E-state index contributed by atoms with van der Waals surface area (Å²) < 4.78 is 2.74. The van der Waals surface area contributed by atoms with Crippen LogP contribution in [0.25, 0.3) is 0 Å². The average Bonchev–Trinajstić information content (AvgIpc) is 2.89. The molecule has 0 radical (unpaired) electrons. The fourth-order valence-corrected chi connectivity index (χ4v) is 2.48. The summed E-state index contributed by atoms with van der Waals surface area (Å²) in [5.74, 6) is -0.819. The van der Waals surface area contributed by atoms with Crippen LogP contribution in [-0.4, -0.2) is 32.4 Å². The van der Waals surface area contributed by atoms with E-state index in [0.717, 1.165) is 14.5 Å². The Labute approximate surface area is 116 Å². The topological polar surface area (TPSA) is 80.0 Å². The van der Waals surface area contributed by atoms with Crippen molar-refractivity contribution in [3.63, 3.8) is 0 Å². The lowest BCUT2D eigenvalue weighted by molar-refractivity contribution is -0.136. The smallest absolute Gasteiger partial charge is 0.305 e. The van der Waals surface area contributed by atoms with Gasteiger partial charge in [-0.15, -0.1) is 11.3 Å². The molecule has 6 nitrogen and oxygen atoms in total. The fraction of sp³-hybridized carbons (Fsp3) is 0.300. The average molecular weight is 331 g/mol. The molecule has 0 aliphatic heterocycles. The third kappa shape index (κ3) is 3.81. The minimum atomic E-state index is -0.819. The Bertz CT molecular complexity index is 539. The monoisotopic (exact) mass is 330 g/mol. The molecule has 96 valence electrons. The van der Waals surface area contributed by atoms with Gasteiger partial charge in [0.1, 0.15) is 0 Å². The molecule has 0 aromatic carbocycles. The van der Waals surface area contributed by atoms with Crippen LogP contribution in [0, 0.1) is 0 Å². The van der Waals surface area contributed by atoms with Crippen LogP contribution in [-0.2, 0) is 11.3 Å². The molecule has 18 heavy (non-hydrogen) atoms. The standard InChI is InChI=1S/C10H11BrN4O2S/c11-7-3-14-15(5-7)6-8-4-13-10(18-8)12-2-1-9(16)17/h3-5H,1-2,6H2,(H,12,13)(H,16,17). The maximum absolute atomic E-state index is 10.4. The van der Waals surface area contributed by atoms with E-state index in [4.69, 9.17) is 5.11 Å². The Balaban J connectivity index is 1.88. The number of anilines is 1. The molecule has 0 bridgehead atoms. The molecule has 0 atom stereocenters. The van der Waals surface area contributed by atoms with E-state index in [9.17, 15) is 4.79 Å². The highest BCUT2D eigenvalue weighted by atomic mass is 79.9. The van der Waals surface area contributed by atoms with Gasteiger partial charge in [-0.05, 0) is 15.9 Å². The molecule has 0 saturated heterocycles. The van der Waals surface area contributed by atoms with E-state index in [1.54, 1.807) is 17.1 Å². The van der Waals surface area contributed by atoms with Gasteiger partial charge in [0, 0.05) is 23.8 Å². The summed E-state index contributed by atoms with van der Waals surface area (Å²) in [5, 5.41) is 16.4. The van der Waals surface area contributed by atoms with Crippen LogP contribution < -0.4 is 5.32 Å². The van der Waals surface area contributed by atoms with Gasteiger partial charge in [-0.25, -0.2) is 4.98 Å². The molecule has 2 aromatic rings. The summed E-state index contributed by atoms with van der Waals surface area (Å²) in [6.45, 7) is 1.04. The predicted molar refractivity (Wildman–Crippen MR) is 71.9 cm³/mol. The zero-order valence-electron chi connectivity index (χ0n) is 9.34. The lowest BCUT2D eigenvalue weighted by Gasteiger charge is -1.98. The molecule has 2 aromatic heterocycles. The first-order valence-electron chi connectivity index (χ1n) is 5.22. The minimum absolute atomic E-state index is 0.0843. The maximum Gasteiger partial charge on any atom is 0.305 e. The van der Waals surface area contributed by atoms with Crippen LogP contribution in [0.1, 0.15) is 11.3 Å². The third-order valence-electron chi connectivity index (χ3n) is 2.09. The molecule has 0 aliphatic carbocycles. The van der Waals surface area contributed by atoms with Gasteiger partial charge in [-0.3, -0.25) is 9.48 Å². The number of halogens is 1. The molecule has 8 heteroatoms. The predicted octanol–water partition coefficient (Wildman–Crippen LogP) is 2.04. The molecular weight excluding hydrogens is 320 g/mol. The Hall–Kier alpha value is -1.41. The normalized spacial score (nSPS) is 10.5. The molecule has 0 amide bonds. The fourth-order valence-electron chi connectivity index (χ4n) is 1.32. The van der Waals surface area contributed by atoms with E-state index < -0.39 is 5.97 Å². The Morgan fingerprint density at radius 2 is 2.39 bits per heavy atom. The van der Waals surface area contributed by atoms with Crippen molar-refractivity contribution >= 4 is 38.4 Å². The van der Waals surface area contributed by atoms with Crippen LogP contribution in [0.5, 0.6) is 0 Å². The third-order valence-corrected chi connectivity index (χ3v) is 3.44. The van der Waals surface area contributed by atoms with Gasteiger partial charge < -0.3 is 10.4 Å². The lowest BCUT2D eigenvalue weighted by atomic mass is 10.4. The largest absolute Gasteiger partial charge is 0.481 e. The van der Waals surface area contributed by atoms with Crippen molar-refractivity contribution in [2.45, 2.75) is 13.0 Å². The first kappa shape index (κ1) is 13.0. The second-order valence-electron chi connectivity index (χ2n) is 3.56. The molecule has 0 spiro atoms. The Morgan fingerprint density at radius 1 is 1.56 bits per heavy atom. The highest BCUT2D eigenvalue weighted by Crippen LogP contribution is 2.19. The van der Waals surface area contributed by atoms with E-state index in [0.29, 0.717) is 13.1 Å². The SMILES string of the molecule is O=C(O)CCNc1ncc(Cn2cc(Br)cn2)s1. The van der Waals surface area contributed by atoms with Gasteiger partial charge in [0.2, 0.25) is 0 Å². The quantitative estimate of drug-likeness (QED) is 0.847. The summed E-state index contributed by atoms with van der Waals surface area (Å²) >= 11 is 4.83. The molecule has 0 unspecified atom stereocenters. The molecule has 0 aliphatic rings. The zero-order chi connectivity index (χ0) is 13.0. The van der Waals surface area contributed by atoms with E-state index >= 15 is 0 Å². The molecule has 2 rings (SSSR count). The summed E-state index contributed by atoms with van der Waals surface area (Å²) in [7, 11) is 0. The van der Waals surface area contributed by atoms with Crippen molar-refractivity contribution in [1.29, 1.82) is 0 Å². The number of carboxylic acids is 1. The summed E-state index contributed by atoms with van der Waals surface area (Å²) in [4.78, 5) is 15.6. The number of hydrogen-bond acceptors (Lipinski definition) is 5. The number of thiazole rings is 1. The number of nitrogens with one attached hydrogen (secondary N) is 1. The van der Waals surface area contributed by atoms with E-state index in [1.807, 2.05) is 6.20 Å². The number of hydrogen-bond donors (Lipinski definition) is 2. The van der Waals surface area contributed by atoms with Crippen LogP contribution in [0.3, 0.4) is 0 Å². The van der Waals surface area contributed by atoms with Crippen molar-refractivity contribution < 1.29 is 9.90 Å². The van der Waals surface area contributed by atoms with Gasteiger partial charge in [0.05, 0.1) is 23.6 Å². The van der Waals surface area contributed by atoms with Crippen LogP contribution in [0.4, 0.5) is 5.13 Å². The summed E-state index contributed by atoms with van der Waals surface area (Å²) in [6.07, 6.45) is 5.47. The zero-order valence-corrected chi connectivity index (χ0v) is 11.7. The van der Waals surface area contributed by atoms with Gasteiger partial charge in [-0.1, -0.05) is 0 Å². The number of carbonyl (C=O) groups is 1. The van der Waals surface area contributed by atoms with Gasteiger partial charge in [-0.2, -0.15) is 5.10 Å². The van der Waals surface area contributed by atoms with Crippen LogP contribution >= 0.6 is 27.3 Å². The van der Waals surface area contributed by atoms with E-state index in [-0.39, 0.29) is 6.42 Å². The first-order valence-corrected chi connectivity index (χ1v) is 6.83. The van der Waals surface area contributed by atoms with Crippen LogP contribution in [0.15, 0.2) is 23.1 Å². The Morgan fingerprint density at radius 3 is 3.06 bits per heavy atom. The number of carboxylic acid groups (broad SMARTS) is 1. The number of nitrogens with zero attached hydrogens (tertiary/aromatic N) is 3. The number of aliphatic carboxylic acids is 1. The van der Waals surface area contributed by atoms with Gasteiger partial charge in [0.25, 0.3) is 0 Å². The molecule has 2 N–H and O–H groups in total. The summed E-state index contributed by atoms with van der Waals surface area (Å²) in [6, 6.07) is 0. The highest BCUT2D eigenvalue weighted by molar-refractivity contribution is 9.10. The molecule has 0 saturated carbocycles. The van der Waals surface area contributed by atoms with Crippen molar-refractivity contribution in [3.8, 4) is 0 Å².